The van der Waals surface area contributed by atoms with Crippen LogP contribution in [-0.2, 0) is 6.42 Å². The third kappa shape index (κ3) is 3.81. The van der Waals surface area contributed by atoms with Crippen molar-refractivity contribution in [2.75, 3.05) is 5.32 Å². The molecule has 5 nitrogen and oxygen atoms in total. The minimum absolute atomic E-state index is 0.0486. The molecule has 1 N–H and O–H groups in total. The Kier molecular flexibility index (Phi) is 5.18. The minimum Gasteiger partial charge on any atom is -0.339 e. The van der Waals surface area contributed by atoms with Crippen LogP contribution in [0.1, 0.15) is 21.8 Å². The molecule has 140 valence electrons. The average molecular weight is 414 g/mol. The number of nitrogens with zero attached hydrogens (tertiary/aromatic N) is 2. The van der Waals surface area contributed by atoms with Gasteiger partial charge in [-0.2, -0.15) is 4.98 Å². The lowest BCUT2D eigenvalue weighted by Gasteiger charge is -2.11. The van der Waals surface area contributed by atoms with Crippen molar-refractivity contribution in [2.45, 2.75) is 6.42 Å². The van der Waals surface area contributed by atoms with Gasteiger partial charge < -0.3 is 9.84 Å². The van der Waals surface area contributed by atoms with Gasteiger partial charge >= 0.3 is 0 Å². The molecule has 4 rings (SSSR count). The quantitative estimate of drug-likeness (QED) is 0.473. The van der Waals surface area contributed by atoms with E-state index in [0.717, 1.165) is 10.4 Å². The smallest absolute Gasteiger partial charge is 0.260 e. The zero-order valence-electron chi connectivity index (χ0n) is 14.4. The van der Waals surface area contributed by atoms with Gasteiger partial charge in [0.25, 0.3) is 5.91 Å². The molecule has 0 spiro atoms. The zero-order chi connectivity index (χ0) is 19.5. The van der Waals surface area contributed by atoms with E-state index in [1.165, 1.54) is 29.5 Å². The number of carbonyl (C=O) groups is 1. The predicted molar refractivity (Wildman–Crippen MR) is 106 cm³/mol. The summed E-state index contributed by atoms with van der Waals surface area (Å²) in [6, 6.07) is 15.1. The summed E-state index contributed by atoms with van der Waals surface area (Å²) >= 11 is 7.50. The van der Waals surface area contributed by atoms with Gasteiger partial charge in [-0.3, -0.25) is 4.79 Å². The van der Waals surface area contributed by atoms with Gasteiger partial charge in [-0.1, -0.05) is 47.1 Å². The number of halogens is 2. The summed E-state index contributed by atoms with van der Waals surface area (Å²) < 4.78 is 19.3. The van der Waals surface area contributed by atoms with Crippen LogP contribution in [0.25, 0.3) is 10.7 Å². The van der Waals surface area contributed by atoms with Crippen LogP contribution in [0.4, 0.5) is 10.1 Å². The SMILES string of the molecule is O=C(Nc1ccccc1Cc1nc(-c2cccs2)no1)c1c(F)cccc1Cl. The summed E-state index contributed by atoms with van der Waals surface area (Å²) in [5.74, 6) is -0.376. The number of hydrogen-bond donors (Lipinski definition) is 1. The molecule has 28 heavy (non-hydrogen) atoms. The summed E-state index contributed by atoms with van der Waals surface area (Å²) in [6.45, 7) is 0. The van der Waals surface area contributed by atoms with E-state index in [0.29, 0.717) is 23.8 Å². The van der Waals surface area contributed by atoms with E-state index in [2.05, 4.69) is 15.5 Å². The van der Waals surface area contributed by atoms with Gasteiger partial charge in [0.1, 0.15) is 5.82 Å². The first-order chi connectivity index (χ1) is 13.6. The summed E-state index contributed by atoms with van der Waals surface area (Å²) in [4.78, 5) is 17.8. The van der Waals surface area contributed by atoms with Gasteiger partial charge in [-0.25, -0.2) is 4.39 Å². The Balaban J connectivity index is 1.57. The number of hydrogen-bond acceptors (Lipinski definition) is 5. The number of benzene rings is 2. The molecule has 2 aromatic carbocycles. The van der Waals surface area contributed by atoms with E-state index >= 15 is 0 Å². The van der Waals surface area contributed by atoms with Crippen molar-refractivity contribution in [3.63, 3.8) is 0 Å². The molecular formula is C20H13ClFN3O2S. The van der Waals surface area contributed by atoms with E-state index in [1.807, 2.05) is 29.6 Å². The fourth-order valence-corrected chi connectivity index (χ4v) is 3.59. The Labute approximate surface area is 168 Å². The molecule has 0 bridgehead atoms. The van der Waals surface area contributed by atoms with E-state index in [9.17, 15) is 9.18 Å². The maximum Gasteiger partial charge on any atom is 0.260 e. The summed E-state index contributed by atoms with van der Waals surface area (Å²) in [6.07, 6.45) is 0.319. The van der Waals surface area contributed by atoms with Crippen LogP contribution >= 0.6 is 22.9 Å². The molecular weight excluding hydrogens is 401 g/mol. The highest BCUT2D eigenvalue weighted by atomic mass is 35.5. The molecule has 4 aromatic rings. The van der Waals surface area contributed by atoms with Gasteiger partial charge in [-0.15, -0.1) is 11.3 Å². The second-order valence-corrected chi connectivity index (χ2v) is 7.23. The molecule has 0 aliphatic heterocycles. The Morgan fingerprint density at radius 1 is 1.14 bits per heavy atom. The lowest BCUT2D eigenvalue weighted by molar-refractivity contribution is 0.102. The van der Waals surface area contributed by atoms with Crippen LogP contribution < -0.4 is 5.32 Å². The lowest BCUT2D eigenvalue weighted by atomic mass is 10.1. The Hall–Kier alpha value is -3.03. The number of thiophene rings is 1. The Morgan fingerprint density at radius 3 is 2.79 bits per heavy atom. The second kappa shape index (κ2) is 7.92. The maximum absolute atomic E-state index is 14.0. The molecule has 0 saturated heterocycles. The van der Waals surface area contributed by atoms with Crippen molar-refractivity contribution >= 4 is 34.5 Å². The number of rotatable bonds is 5. The van der Waals surface area contributed by atoms with Gasteiger partial charge in [0, 0.05) is 5.69 Å². The van der Waals surface area contributed by atoms with E-state index in [-0.39, 0.29) is 10.6 Å². The molecule has 0 saturated carbocycles. The Morgan fingerprint density at radius 2 is 2.00 bits per heavy atom. The standard InChI is InChI=1S/C20H13ClFN3O2S/c21-13-6-3-7-14(22)18(13)20(26)23-15-8-2-1-5-12(15)11-17-24-19(25-27-17)16-9-4-10-28-16/h1-10H,11H2,(H,23,26). The monoisotopic (exact) mass is 413 g/mol. The second-order valence-electron chi connectivity index (χ2n) is 5.87. The molecule has 0 unspecified atom stereocenters. The highest BCUT2D eigenvalue weighted by molar-refractivity contribution is 7.13. The number of amides is 1. The normalized spacial score (nSPS) is 10.8. The molecule has 0 aliphatic carbocycles. The number of anilines is 1. The van der Waals surface area contributed by atoms with E-state index in [4.69, 9.17) is 16.1 Å². The van der Waals surface area contributed by atoms with Crippen LogP contribution in [0.3, 0.4) is 0 Å². The molecule has 0 aliphatic rings. The van der Waals surface area contributed by atoms with Gasteiger partial charge in [0.15, 0.2) is 0 Å². The van der Waals surface area contributed by atoms with Crippen molar-refractivity contribution in [3.05, 3.63) is 87.8 Å². The van der Waals surface area contributed by atoms with E-state index < -0.39 is 11.7 Å². The first kappa shape index (κ1) is 18.3. The van der Waals surface area contributed by atoms with Crippen LogP contribution in [0, 0.1) is 5.82 Å². The van der Waals surface area contributed by atoms with Crippen LogP contribution in [0.2, 0.25) is 5.02 Å². The molecule has 0 atom stereocenters. The van der Waals surface area contributed by atoms with Crippen LogP contribution in [-0.4, -0.2) is 16.0 Å². The summed E-state index contributed by atoms with van der Waals surface area (Å²) in [5, 5.41) is 8.68. The van der Waals surface area contributed by atoms with Crippen molar-refractivity contribution < 1.29 is 13.7 Å². The van der Waals surface area contributed by atoms with Gasteiger partial charge in [0.2, 0.25) is 11.7 Å². The maximum atomic E-state index is 14.0. The van der Waals surface area contributed by atoms with Gasteiger partial charge in [0.05, 0.1) is 21.9 Å². The topological polar surface area (TPSA) is 68.0 Å². The predicted octanol–water partition coefficient (Wildman–Crippen LogP) is 5.43. The Bertz CT molecular complexity index is 1110. The fourth-order valence-electron chi connectivity index (χ4n) is 2.69. The highest BCUT2D eigenvalue weighted by Crippen LogP contribution is 2.25. The average Bonchev–Trinajstić information content (AvgIpc) is 3.35. The largest absolute Gasteiger partial charge is 0.339 e. The number of nitrogens with one attached hydrogen (secondary N) is 1. The molecule has 0 radical (unpaired) electrons. The first-order valence-electron chi connectivity index (χ1n) is 8.31. The molecule has 2 heterocycles. The van der Waals surface area contributed by atoms with E-state index in [1.54, 1.807) is 12.1 Å². The molecule has 8 heteroatoms. The summed E-state index contributed by atoms with van der Waals surface area (Å²) in [7, 11) is 0. The van der Waals surface area contributed by atoms with Crippen molar-refractivity contribution in [3.8, 4) is 10.7 Å². The number of carbonyl (C=O) groups excluding carboxylic acids is 1. The third-order valence-electron chi connectivity index (χ3n) is 4.01. The van der Waals surface area contributed by atoms with Crippen molar-refractivity contribution in [1.29, 1.82) is 0 Å². The zero-order valence-corrected chi connectivity index (χ0v) is 15.9. The third-order valence-corrected chi connectivity index (χ3v) is 5.19. The molecule has 0 fully saturated rings. The fraction of sp³-hybridized carbons (Fsp3) is 0.0500. The molecule has 1 amide bonds. The number of para-hydroxylation sites is 1. The summed E-state index contributed by atoms with van der Waals surface area (Å²) in [5.41, 5.74) is 1.07. The lowest BCUT2D eigenvalue weighted by Crippen LogP contribution is -2.15. The van der Waals surface area contributed by atoms with Crippen LogP contribution in [0.5, 0.6) is 0 Å². The number of aromatic nitrogens is 2. The van der Waals surface area contributed by atoms with Crippen molar-refractivity contribution in [2.24, 2.45) is 0 Å². The van der Waals surface area contributed by atoms with Crippen LogP contribution in [0.15, 0.2) is 64.5 Å². The first-order valence-corrected chi connectivity index (χ1v) is 9.57. The van der Waals surface area contributed by atoms with Gasteiger partial charge in [-0.05, 0) is 35.2 Å². The molecule has 2 aromatic heterocycles. The minimum atomic E-state index is -0.681. The highest BCUT2D eigenvalue weighted by Gasteiger charge is 2.18. The van der Waals surface area contributed by atoms with Crippen molar-refractivity contribution in [1.82, 2.24) is 10.1 Å².